The number of ether oxygens (including phenoxy) is 3. The second kappa shape index (κ2) is 8.16. The molecule has 0 bridgehead atoms. The van der Waals surface area contributed by atoms with Gasteiger partial charge >= 0.3 is 0 Å². The first kappa shape index (κ1) is 20.7. The summed E-state index contributed by atoms with van der Waals surface area (Å²) >= 11 is 3.45. The Bertz CT molecular complexity index is 993. The first-order valence-corrected chi connectivity index (χ1v) is 9.50. The molecule has 7 nitrogen and oxygen atoms in total. The molecule has 1 amide bonds. The summed E-state index contributed by atoms with van der Waals surface area (Å²) in [5.74, 6) is 0.578. The van der Waals surface area contributed by atoms with E-state index in [9.17, 15) is 9.59 Å². The standard InChI is InChI=1S/C21H21BrN2O5/c1-11(9-24-10-13-14(22)5-6-15(23)18(13)21(24)26)19(25)12-7-16(27-2)20(29-4)17(8-12)28-3/h5-8H,1,9-10,23H2,2-4H3. The van der Waals surface area contributed by atoms with E-state index in [1.807, 2.05) is 0 Å². The number of nitrogen functional groups attached to an aromatic ring is 1. The number of rotatable bonds is 7. The zero-order valence-electron chi connectivity index (χ0n) is 16.4. The Morgan fingerprint density at radius 2 is 1.79 bits per heavy atom. The van der Waals surface area contributed by atoms with Crippen LogP contribution in [0, 0.1) is 0 Å². The number of ketones is 1. The van der Waals surface area contributed by atoms with Crippen LogP contribution < -0.4 is 19.9 Å². The Morgan fingerprint density at radius 1 is 1.17 bits per heavy atom. The average Bonchev–Trinajstić information content (AvgIpc) is 3.06. The Balaban J connectivity index is 1.84. The number of fused-ring (bicyclic) bond motifs is 1. The summed E-state index contributed by atoms with van der Waals surface area (Å²) < 4.78 is 16.7. The summed E-state index contributed by atoms with van der Waals surface area (Å²) in [7, 11) is 4.44. The van der Waals surface area contributed by atoms with Gasteiger partial charge in [-0.1, -0.05) is 22.5 Å². The number of hydrogen-bond acceptors (Lipinski definition) is 6. The van der Waals surface area contributed by atoms with Crippen molar-refractivity contribution in [2.24, 2.45) is 0 Å². The summed E-state index contributed by atoms with van der Waals surface area (Å²) in [5.41, 5.74) is 8.24. The molecule has 0 radical (unpaired) electrons. The average molecular weight is 461 g/mol. The van der Waals surface area contributed by atoms with Gasteiger partial charge in [-0.25, -0.2) is 0 Å². The zero-order chi connectivity index (χ0) is 21.3. The Kier molecular flexibility index (Phi) is 5.83. The molecule has 1 aliphatic rings. The number of nitrogens with zero attached hydrogens (tertiary/aromatic N) is 1. The molecule has 0 aromatic heterocycles. The molecule has 1 heterocycles. The van der Waals surface area contributed by atoms with Gasteiger partial charge in [-0.15, -0.1) is 0 Å². The number of amides is 1. The minimum atomic E-state index is -0.319. The summed E-state index contributed by atoms with van der Waals surface area (Å²) in [6.07, 6.45) is 0. The molecule has 8 heteroatoms. The normalized spacial score (nSPS) is 12.6. The highest BCUT2D eigenvalue weighted by atomic mass is 79.9. The Morgan fingerprint density at radius 3 is 2.31 bits per heavy atom. The van der Waals surface area contributed by atoms with Crippen LogP contribution in [-0.2, 0) is 6.54 Å². The molecule has 1 aliphatic heterocycles. The number of Topliss-reactive ketones (excluding diaryl/α,β-unsaturated/α-hetero) is 1. The van der Waals surface area contributed by atoms with E-state index in [0.29, 0.717) is 40.6 Å². The van der Waals surface area contributed by atoms with E-state index in [4.69, 9.17) is 19.9 Å². The molecule has 0 atom stereocenters. The topological polar surface area (TPSA) is 91.1 Å². The molecule has 3 rings (SSSR count). The van der Waals surface area contributed by atoms with Gasteiger partial charge in [0.15, 0.2) is 17.3 Å². The van der Waals surface area contributed by atoms with Crippen LogP contribution in [0.1, 0.15) is 26.3 Å². The zero-order valence-corrected chi connectivity index (χ0v) is 18.0. The summed E-state index contributed by atoms with van der Waals surface area (Å²) in [6.45, 7) is 4.32. The van der Waals surface area contributed by atoms with Crippen molar-refractivity contribution in [2.45, 2.75) is 6.54 Å². The van der Waals surface area contributed by atoms with Crippen molar-refractivity contribution in [3.05, 3.63) is 57.6 Å². The predicted octanol–water partition coefficient (Wildman–Crippen LogP) is 3.45. The highest BCUT2D eigenvalue weighted by Gasteiger charge is 2.32. The van der Waals surface area contributed by atoms with Gasteiger partial charge in [-0.3, -0.25) is 9.59 Å². The molecule has 152 valence electrons. The van der Waals surface area contributed by atoms with Crippen molar-refractivity contribution >= 4 is 33.3 Å². The van der Waals surface area contributed by atoms with Gasteiger partial charge in [0, 0.05) is 39.9 Å². The van der Waals surface area contributed by atoms with E-state index in [-0.39, 0.29) is 23.8 Å². The molecule has 2 N–H and O–H groups in total. The Hall–Kier alpha value is -3.00. The number of halogens is 1. The van der Waals surface area contributed by atoms with Gasteiger partial charge in [0.1, 0.15) is 0 Å². The maximum Gasteiger partial charge on any atom is 0.256 e. The largest absolute Gasteiger partial charge is 0.493 e. The summed E-state index contributed by atoms with van der Waals surface area (Å²) in [4.78, 5) is 27.3. The van der Waals surface area contributed by atoms with Gasteiger partial charge in [-0.05, 0) is 24.3 Å². The fourth-order valence-electron chi connectivity index (χ4n) is 3.31. The van der Waals surface area contributed by atoms with Crippen molar-refractivity contribution in [3.63, 3.8) is 0 Å². The molecule has 0 saturated heterocycles. The van der Waals surface area contributed by atoms with Gasteiger partial charge in [0.25, 0.3) is 5.91 Å². The lowest BCUT2D eigenvalue weighted by Crippen LogP contribution is -2.28. The minimum absolute atomic E-state index is 0.0783. The van der Waals surface area contributed by atoms with Crippen molar-refractivity contribution in [2.75, 3.05) is 33.6 Å². The maximum absolute atomic E-state index is 13.0. The number of carbonyl (C=O) groups excluding carboxylic acids is 2. The van der Waals surface area contributed by atoms with Gasteiger partial charge in [0.2, 0.25) is 5.75 Å². The van der Waals surface area contributed by atoms with Crippen LogP contribution in [0.2, 0.25) is 0 Å². The van der Waals surface area contributed by atoms with E-state index in [1.165, 1.54) is 21.3 Å². The molecule has 29 heavy (non-hydrogen) atoms. The molecule has 0 aliphatic carbocycles. The third kappa shape index (κ3) is 3.67. The van der Waals surface area contributed by atoms with E-state index < -0.39 is 0 Å². The second-order valence-corrected chi connectivity index (χ2v) is 7.35. The highest BCUT2D eigenvalue weighted by Crippen LogP contribution is 2.39. The van der Waals surface area contributed by atoms with Crippen LogP contribution in [0.25, 0.3) is 0 Å². The number of anilines is 1. The molecule has 0 fully saturated rings. The molecule has 0 unspecified atom stereocenters. The third-order valence-corrected chi connectivity index (χ3v) is 5.51. The lowest BCUT2D eigenvalue weighted by atomic mass is 10.0. The van der Waals surface area contributed by atoms with Gasteiger partial charge in [0.05, 0.1) is 26.9 Å². The van der Waals surface area contributed by atoms with Crippen LogP contribution >= 0.6 is 15.9 Å². The third-order valence-electron chi connectivity index (χ3n) is 4.77. The smallest absolute Gasteiger partial charge is 0.256 e. The molecule has 0 saturated carbocycles. The van der Waals surface area contributed by atoms with E-state index in [1.54, 1.807) is 29.2 Å². The van der Waals surface area contributed by atoms with Crippen molar-refractivity contribution in [1.29, 1.82) is 0 Å². The molecule has 2 aromatic carbocycles. The number of benzene rings is 2. The van der Waals surface area contributed by atoms with Crippen LogP contribution in [0.15, 0.2) is 40.9 Å². The molecule has 0 spiro atoms. The van der Waals surface area contributed by atoms with Gasteiger partial charge in [-0.2, -0.15) is 0 Å². The monoisotopic (exact) mass is 460 g/mol. The van der Waals surface area contributed by atoms with E-state index in [0.717, 1.165) is 10.0 Å². The van der Waals surface area contributed by atoms with Crippen LogP contribution in [0.5, 0.6) is 17.2 Å². The van der Waals surface area contributed by atoms with Crippen molar-refractivity contribution < 1.29 is 23.8 Å². The second-order valence-electron chi connectivity index (χ2n) is 6.50. The lowest BCUT2D eigenvalue weighted by molar-refractivity contribution is 0.0789. The molecular formula is C21H21BrN2O5. The quantitative estimate of drug-likeness (QED) is 0.386. The van der Waals surface area contributed by atoms with E-state index >= 15 is 0 Å². The SMILES string of the molecule is C=C(CN1Cc2c(Br)ccc(N)c2C1=O)C(=O)c1cc(OC)c(OC)c(OC)c1. The molecule has 2 aromatic rings. The van der Waals surface area contributed by atoms with Crippen LogP contribution in [-0.4, -0.2) is 44.5 Å². The Labute approximate surface area is 177 Å². The first-order chi connectivity index (χ1) is 13.8. The molecular weight excluding hydrogens is 440 g/mol. The lowest BCUT2D eigenvalue weighted by Gasteiger charge is -2.18. The van der Waals surface area contributed by atoms with Crippen LogP contribution in [0.3, 0.4) is 0 Å². The highest BCUT2D eigenvalue weighted by molar-refractivity contribution is 9.10. The number of carbonyl (C=O) groups is 2. The van der Waals surface area contributed by atoms with Gasteiger partial charge < -0.3 is 24.8 Å². The minimum Gasteiger partial charge on any atom is -0.493 e. The van der Waals surface area contributed by atoms with Crippen molar-refractivity contribution in [1.82, 2.24) is 4.90 Å². The number of methoxy groups -OCH3 is 3. The fraction of sp³-hybridized carbons (Fsp3) is 0.238. The predicted molar refractivity (Wildman–Crippen MR) is 113 cm³/mol. The maximum atomic E-state index is 13.0. The fourth-order valence-corrected chi connectivity index (χ4v) is 3.77. The summed E-state index contributed by atoms with van der Waals surface area (Å²) in [5, 5.41) is 0. The number of hydrogen-bond donors (Lipinski definition) is 1. The van der Waals surface area contributed by atoms with E-state index in [2.05, 4.69) is 22.5 Å². The van der Waals surface area contributed by atoms with Crippen molar-refractivity contribution in [3.8, 4) is 17.2 Å². The number of nitrogens with two attached hydrogens (primary N) is 1. The first-order valence-electron chi connectivity index (χ1n) is 8.71. The summed E-state index contributed by atoms with van der Waals surface area (Å²) in [6, 6.07) is 6.61. The van der Waals surface area contributed by atoms with Crippen LogP contribution in [0.4, 0.5) is 5.69 Å².